The van der Waals surface area contributed by atoms with Gasteiger partial charge < -0.3 is 4.90 Å². The van der Waals surface area contributed by atoms with Gasteiger partial charge in [-0.05, 0) is 31.6 Å². The molecule has 1 aliphatic carbocycles. The third-order valence-electron chi connectivity index (χ3n) is 4.96. The number of carbonyl (C=O) groups excluding carboxylic acids is 1. The van der Waals surface area contributed by atoms with Crippen molar-refractivity contribution in [2.45, 2.75) is 64.3 Å². The van der Waals surface area contributed by atoms with Gasteiger partial charge in [0, 0.05) is 32.1 Å². The van der Waals surface area contributed by atoms with E-state index in [1.54, 1.807) is 4.31 Å². The van der Waals surface area contributed by atoms with Gasteiger partial charge in [-0.1, -0.05) is 26.2 Å². The van der Waals surface area contributed by atoms with Crippen molar-refractivity contribution in [3.05, 3.63) is 0 Å². The van der Waals surface area contributed by atoms with Gasteiger partial charge in [-0.3, -0.25) is 4.79 Å². The Hall–Kier alpha value is -0.620. The van der Waals surface area contributed by atoms with Crippen molar-refractivity contribution in [3.63, 3.8) is 0 Å². The smallest absolute Gasteiger partial charge is 0.223 e. The van der Waals surface area contributed by atoms with Gasteiger partial charge in [0.1, 0.15) is 0 Å². The van der Waals surface area contributed by atoms with E-state index in [0.29, 0.717) is 18.9 Å². The quantitative estimate of drug-likeness (QED) is 0.777. The average Bonchev–Trinajstić information content (AvgIpc) is 2.47. The average molecular weight is 330 g/mol. The van der Waals surface area contributed by atoms with E-state index in [-0.39, 0.29) is 11.9 Å². The van der Waals surface area contributed by atoms with Crippen molar-refractivity contribution in [3.8, 4) is 0 Å². The maximum atomic E-state index is 12.4. The summed E-state index contributed by atoms with van der Waals surface area (Å²) in [6.07, 6.45) is 9.07. The fourth-order valence-corrected chi connectivity index (χ4v) is 4.94. The predicted molar refractivity (Wildman–Crippen MR) is 88.0 cm³/mol. The number of nitrogens with zero attached hydrogens (tertiary/aromatic N) is 2. The molecule has 2 fully saturated rings. The van der Waals surface area contributed by atoms with Crippen LogP contribution in [0.5, 0.6) is 0 Å². The summed E-state index contributed by atoms with van der Waals surface area (Å²) >= 11 is 0. The summed E-state index contributed by atoms with van der Waals surface area (Å²) in [5.74, 6) is 0.665. The summed E-state index contributed by atoms with van der Waals surface area (Å²) in [7, 11) is -3.24. The third kappa shape index (κ3) is 4.95. The standard InChI is InChI=1S/C16H30N2O3S/c1-14-7-6-11-17(13-14)16(19)10-12-18(22(2,20)21)15-8-4-3-5-9-15/h14-15H,3-13H2,1-2H3. The second-order valence-corrected chi connectivity index (χ2v) is 8.94. The first-order chi connectivity index (χ1) is 10.4. The number of sulfonamides is 1. The Labute approximate surface area is 135 Å². The number of piperidine rings is 1. The molecule has 0 bridgehead atoms. The Morgan fingerprint density at radius 1 is 1.14 bits per heavy atom. The molecule has 5 nitrogen and oxygen atoms in total. The second kappa shape index (κ2) is 7.77. The van der Waals surface area contributed by atoms with Gasteiger partial charge in [0.15, 0.2) is 0 Å². The van der Waals surface area contributed by atoms with Crippen molar-refractivity contribution >= 4 is 15.9 Å². The number of likely N-dealkylation sites (tertiary alicyclic amines) is 1. The van der Waals surface area contributed by atoms with Crippen LogP contribution in [0.3, 0.4) is 0 Å². The largest absolute Gasteiger partial charge is 0.342 e. The molecule has 1 aliphatic heterocycles. The molecule has 1 saturated heterocycles. The minimum Gasteiger partial charge on any atom is -0.342 e. The second-order valence-electron chi connectivity index (χ2n) is 7.00. The fraction of sp³-hybridized carbons (Fsp3) is 0.938. The number of amides is 1. The van der Waals surface area contributed by atoms with Crippen LogP contribution in [-0.2, 0) is 14.8 Å². The normalized spacial score (nSPS) is 24.7. The first kappa shape index (κ1) is 17.7. The van der Waals surface area contributed by atoms with Crippen LogP contribution in [-0.4, -0.2) is 55.5 Å². The predicted octanol–water partition coefficient (Wildman–Crippen LogP) is 2.23. The number of carbonyl (C=O) groups is 1. The van der Waals surface area contributed by atoms with Gasteiger partial charge in [-0.2, -0.15) is 4.31 Å². The van der Waals surface area contributed by atoms with E-state index in [4.69, 9.17) is 0 Å². The summed E-state index contributed by atoms with van der Waals surface area (Å²) in [6.45, 7) is 4.16. The Morgan fingerprint density at radius 3 is 2.41 bits per heavy atom. The molecule has 6 heteroatoms. The Morgan fingerprint density at radius 2 is 1.82 bits per heavy atom. The van der Waals surface area contributed by atoms with Crippen molar-refractivity contribution in [2.24, 2.45) is 5.92 Å². The van der Waals surface area contributed by atoms with E-state index >= 15 is 0 Å². The van der Waals surface area contributed by atoms with Crippen LogP contribution in [0.15, 0.2) is 0 Å². The highest BCUT2D eigenvalue weighted by Gasteiger charge is 2.29. The van der Waals surface area contributed by atoms with Crippen LogP contribution in [0.4, 0.5) is 0 Å². The van der Waals surface area contributed by atoms with Crippen molar-refractivity contribution in [2.75, 3.05) is 25.9 Å². The molecule has 22 heavy (non-hydrogen) atoms. The maximum Gasteiger partial charge on any atom is 0.223 e. The lowest BCUT2D eigenvalue weighted by molar-refractivity contribution is -0.133. The number of hydrogen-bond donors (Lipinski definition) is 0. The van der Waals surface area contributed by atoms with E-state index < -0.39 is 10.0 Å². The van der Waals surface area contributed by atoms with E-state index in [1.165, 1.54) is 19.1 Å². The Balaban J connectivity index is 1.91. The molecule has 0 aromatic carbocycles. The minimum atomic E-state index is -3.24. The van der Waals surface area contributed by atoms with Gasteiger partial charge >= 0.3 is 0 Å². The zero-order chi connectivity index (χ0) is 16.2. The molecule has 0 radical (unpaired) electrons. The summed E-state index contributed by atoms with van der Waals surface area (Å²) in [5.41, 5.74) is 0. The maximum absolute atomic E-state index is 12.4. The lowest BCUT2D eigenvalue weighted by Gasteiger charge is -2.34. The number of hydrogen-bond acceptors (Lipinski definition) is 3. The van der Waals surface area contributed by atoms with E-state index in [9.17, 15) is 13.2 Å². The molecule has 2 rings (SSSR count). The highest BCUT2D eigenvalue weighted by Crippen LogP contribution is 2.25. The molecule has 2 aliphatic rings. The minimum absolute atomic E-state index is 0.0943. The van der Waals surface area contributed by atoms with Crippen molar-refractivity contribution in [1.82, 2.24) is 9.21 Å². The van der Waals surface area contributed by atoms with Gasteiger partial charge in [-0.25, -0.2) is 8.42 Å². The molecule has 0 aromatic heterocycles. The van der Waals surface area contributed by atoms with Crippen LogP contribution in [0.1, 0.15) is 58.3 Å². The molecular weight excluding hydrogens is 300 g/mol. The van der Waals surface area contributed by atoms with E-state index in [0.717, 1.165) is 45.2 Å². The molecule has 128 valence electrons. The monoisotopic (exact) mass is 330 g/mol. The zero-order valence-electron chi connectivity index (χ0n) is 14.0. The molecule has 0 N–H and O–H groups in total. The van der Waals surface area contributed by atoms with Crippen LogP contribution in [0.2, 0.25) is 0 Å². The van der Waals surface area contributed by atoms with Gasteiger partial charge in [0.2, 0.25) is 15.9 Å². The SMILES string of the molecule is CC1CCCN(C(=O)CCN(C2CCCCC2)S(C)(=O)=O)C1. The van der Waals surface area contributed by atoms with E-state index in [2.05, 4.69) is 6.92 Å². The topological polar surface area (TPSA) is 57.7 Å². The summed E-state index contributed by atoms with van der Waals surface area (Å²) in [4.78, 5) is 14.3. The Kier molecular flexibility index (Phi) is 6.26. The third-order valence-corrected chi connectivity index (χ3v) is 6.30. The van der Waals surface area contributed by atoms with E-state index in [1.807, 2.05) is 4.90 Å². The van der Waals surface area contributed by atoms with Crippen LogP contribution >= 0.6 is 0 Å². The van der Waals surface area contributed by atoms with Gasteiger partial charge in [0.25, 0.3) is 0 Å². The molecule has 1 atom stereocenters. The van der Waals surface area contributed by atoms with Gasteiger partial charge in [0.05, 0.1) is 6.26 Å². The molecule has 0 aromatic rings. The molecule has 1 saturated carbocycles. The lowest BCUT2D eigenvalue weighted by Crippen LogP contribution is -2.44. The summed E-state index contributed by atoms with van der Waals surface area (Å²) < 4.78 is 25.7. The zero-order valence-corrected chi connectivity index (χ0v) is 14.8. The van der Waals surface area contributed by atoms with Crippen LogP contribution in [0, 0.1) is 5.92 Å². The molecule has 0 spiro atoms. The summed E-state index contributed by atoms with van der Waals surface area (Å²) in [5, 5.41) is 0. The number of rotatable bonds is 5. The van der Waals surface area contributed by atoms with Gasteiger partial charge in [-0.15, -0.1) is 0 Å². The highest BCUT2D eigenvalue weighted by molar-refractivity contribution is 7.88. The molecular formula is C16H30N2O3S. The first-order valence-electron chi connectivity index (χ1n) is 8.62. The fourth-order valence-electron chi connectivity index (χ4n) is 3.77. The Bertz CT molecular complexity index is 472. The van der Waals surface area contributed by atoms with Crippen LogP contribution < -0.4 is 0 Å². The first-order valence-corrected chi connectivity index (χ1v) is 10.5. The molecule has 1 amide bonds. The van der Waals surface area contributed by atoms with Crippen molar-refractivity contribution < 1.29 is 13.2 Å². The molecule has 1 unspecified atom stereocenters. The molecule has 1 heterocycles. The van der Waals surface area contributed by atoms with Crippen LogP contribution in [0.25, 0.3) is 0 Å². The summed E-state index contributed by atoms with van der Waals surface area (Å²) in [6, 6.07) is 0.0943. The highest BCUT2D eigenvalue weighted by atomic mass is 32.2. The van der Waals surface area contributed by atoms with Crippen molar-refractivity contribution in [1.29, 1.82) is 0 Å². The lowest BCUT2D eigenvalue weighted by atomic mass is 9.95.